The zero-order chi connectivity index (χ0) is 23.0. The van der Waals surface area contributed by atoms with Gasteiger partial charge >= 0.3 is 0 Å². The van der Waals surface area contributed by atoms with Crippen molar-refractivity contribution >= 4 is 43.7 Å². The van der Waals surface area contributed by atoms with E-state index in [-0.39, 0.29) is 24.5 Å². The molecule has 2 amide bonds. The first kappa shape index (κ1) is 25.4. The molecule has 0 fully saturated rings. The first-order valence-electron chi connectivity index (χ1n) is 10.5. The third-order valence-electron chi connectivity index (χ3n) is 5.19. The quantitative estimate of drug-likeness (QED) is 0.423. The first-order chi connectivity index (χ1) is 14.7. The van der Waals surface area contributed by atoms with Gasteiger partial charge in [-0.1, -0.05) is 48.0 Å². The number of halogens is 2. The minimum absolute atomic E-state index is 0.0452. The van der Waals surface area contributed by atoms with Crippen molar-refractivity contribution in [1.82, 2.24) is 10.2 Å². The smallest absolute Gasteiger partial charge is 0.261 e. The molecule has 2 atom stereocenters. The van der Waals surface area contributed by atoms with Gasteiger partial charge in [-0.05, 0) is 78.0 Å². The molecule has 2 aromatic rings. The Bertz CT molecular complexity index is 887. The summed E-state index contributed by atoms with van der Waals surface area (Å²) in [5.41, 5.74) is 2.12. The number of hydrogen-bond donors (Lipinski definition) is 1. The van der Waals surface area contributed by atoms with Gasteiger partial charge in [0.1, 0.15) is 11.8 Å². The van der Waals surface area contributed by atoms with Crippen molar-refractivity contribution in [3.05, 3.63) is 62.5 Å². The second-order valence-electron chi connectivity index (χ2n) is 7.55. The summed E-state index contributed by atoms with van der Waals surface area (Å²) in [6.07, 6.45) is 1.74. The van der Waals surface area contributed by atoms with E-state index in [9.17, 15) is 9.59 Å². The highest BCUT2D eigenvalue weighted by molar-refractivity contribution is 9.10. The van der Waals surface area contributed by atoms with Gasteiger partial charge < -0.3 is 15.0 Å². The van der Waals surface area contributed by atoms with Crippen LogP contribution in [-0.4, -0.2) is 35.4 Å². The van der Waals surface area contributed by atoms with Gasteiger partial charge in [-0.3, -0.25) is 9.59 Å². The van der Waals surface area contributed by atoms with Gasteiger partial charge in [0, 0.05) is 17.1 Å². The Morgan fingerprint density at radius 3 is 2.26 bits per heavy atom. The first-order valence-corrected chi connectivity index (χ1v) is 12.1. The maximum atomic E-state index is 13.1. The van der Waals surface area contributed by atoms with E-state index in [2.05, 4.69) is 44.1 Å². The number of nitrogens with zero attached hydrogens (tertiary/aromatic N) is 1. The SMILES string of the molecule is CCc1ccc(OCC(=O)N(Cc2ccc(Br)cc2)[C@@H](C)C(=O)N[C@@H](C)CC)c(Br)c1. The van der Waals surface area contributed by atoms with E-state index in [0.717, 1.165) is 27.4 Å². The molecule has 0 aliphatic carbocycles. The minimum Gasteiger partial charge on any atom is -0.483 e. The Kier molecular flexibility index (Phi) is 10.0. The van der Waals surface area contributed by atoms with Crippen molar-refractivity contribution in [1.29, 1.82) is 0 Å². The Labute approximate surface area is 201 Å². The molecule has 0 heterocycles. The molecule has 0 aliphatic heterocycles. The molecule has 1 N–H and O–H groups in total. The summed E-state index contributed by atoms with van der Waals surface area (Å²) in [6, 6.07) is 13.0. The van der Waals surface area contributed by atoms with Gasteiger partial charge in [0.05, 0.1) is 4.47 Å². The molecular formula is C24H30Br2N2O3. The van der Waals surface area contributed by atoms with Crippen molar-refractivity contribution in [3.63, 3.8) is 0 Å². The van der Waals surface area contributed by atoms with Crippen LogP contribution in [-0.2, 0) is 22.6 Å². The van der Waals surface area contributed by atoms with E-state index in [1.165, 1.54) is 5.56 Å². The van der Waals surface area contributed by atoms with Gasteiger partial charge in [0.15, 0.2) is 6.61 Å². The summed E-state index contributed by atoms with van der Waals surface area (Å²) in [4.78, 5) is 27.4. The summed E-state index contributed by atoms with van der Waals surface area (Å²) >= 11 is 6.93. The number of rotatable bonds is 10. The lowest BCUT2D eigenvalue weighted by atomic mass is 10.1. The van der Waals surface area contributed by atoms with Crippen LogP contribution in [0.1, 0.15) is 45.2 Å². The van der Waals surface area contributed by atoms with E-state index in [1.807, 2.05) is 56.3 Å². The fourth-order valence-electron chi connectivity index (χ4n) is 2.94. The van der Waals surface area contributed by atoms with Crippen LogP contribution < -0.4 is 10.1 Å². The standard InChI is InChI=1S/C24H30Br2N2O3/c1-5-16(3)27-24(30)17(4)28(14-19-7-10-20(25)11-8-19)23(29)15-31-22-12-9-18(6-2)13-21(22)26/h7-13,16-17H,5-6,14-15H2,1-4H3,(H,27,30)/t16-,17-/m0/s1. The topological polar surface area (TPSA) is 58.6 Å². The van der Waals surface area contributed by atoms with Crippen LogP contribution >= 0.6 is 31.9 Å². The van der Waals surface area contributed by atoms with Crippen LogP contribution in [0.5, 0.6) is 5.75 Å². The Hall–Kier alpha value is -1.86. The van der Waals surface area contributed by atoms with Gasteiger partial charge in [0.25, 0.3) is 5.91 Å². The molecular weight excluding hydrogens is 524 g/mol. The monoisotopic (exact) mass is 552 g/mol. The van der Waals surface area contributed by atoms with Crippen molar-refractivity contribution < 1.29 is 14.3 Å². The predicted octanol–water partition coefficient (Wildman–Crippen LogP) is 5.48. The van der Waals surface area contributed by atoms with E-state index >= 15 is 0 Å². The second kappa shape index (κ2) is 12.2. The number of carbonyl (C=O) groups excluding carboxylic acids is 2. The number of aryl methyl sites for hydroxylation is 1. The third kappa shape index (κ3) is 7.65. The van der Waals surface area contributed by atoms with Gasteiger partial charge in [-0.25, -0.2) is 0 Å². The molecule has 0 bridgehead atoms. The molecule has 2 aromatic carbocycles. The normalized spacial score (nSPS) is 12.7. The Morgan fingerprint density at radius 2 is 1.68 bits per heavy atom. The van der Waals surface area contributed by atoms with Crippen LogP contribution in [0.4, 0.5) is 0 Å². The lowest BCUT2D eigenvalue weighted by Gasteiger charge is -2.29. The third-order valence-corrected chi connectivity index (χ3v) is 6.34. The second-order valence-corrected chi connectivity index (χ2v) is 9.32. The van der Waals surface area contributed by atoms with E-state index < -0.39 is 6.04 Å². The van der Waals surface area contributed by atoms with Gasteiger partial charge in [-0.15, -0.1) is 0 Å². The number of hydrogen-bond acceptors (Lipinski definition) is 3. The van der Waals surface area contributed by atoms with Crippen LogP contribution in [0.3, 0.4) is 0 Å². The molecule has 5 nitrogen and oxygen atoms in total. The highest BCUT2D eigenvalue weighted by Gasteiger charge is 2.27. The van der Waals surface area contributed by atoms with Crippen LogP contribution in [0.25, 0.3) is 0 Å². The molecule has 0 saturated carbocycles. The maximum absolute atomic E-state index is 13.1. The number of benzene rings is 2. The number of carbonyl (C=O) groups is 2. The fourth-order valence-corrected chi connectivity index (χ4v) is 3.74. The minimum atomic E-state index is -0.625. The maximum Gasteiger partial charge on any atom is 0.261 e. The van der Waals surface area contributed by atoms with Crippen molar-refractivity contribution in [3.8, 4) is 5.75 Å². The molecule has 7 heteroatoms. The molecule has 0 spiro atoms. The molecule has 0 unspecified atom stereocenters. The van der Waals surface area contributed by atoms with E-state index in [0.29, 0.717) is 12.3 Å². The molecule has 0 aromatic heterocycles. The lowest BCUT2D eigenvalue weighted by Crippen LogP contribution is -2.50. The van der Waals surface area contributed by atoms with Gasteiger partial charge in [0.2, 0.25) is 5.91 Å². The van der Waals surface area contributed by atoms with Crippen LogP contribution in [0, 0.1) is 0 Å². The summed E-state index contributed by atoms with van der Waals surface area (Å²) < 4.78 is 7.56. The molecule has 2 rings (SSSR count). The molecule has 168 valence electrons. The lowest BCUT2D eigenvalue weighted by molar-refractivity contribution is -0.142. The summed E-state index contributed by atoms with van der Waals surface area (Å²) in [5.74, 6) is 0.181. The molecule has 0 saturated heterocycles. The van der Waals surface area contributed by atoms with Gasteiger partial charge in [-0.2, -0.15) is 0 Å². The largest absolute Gasteiger partial charge is 0.483 e. The number of amides is 2. The average Bonchev–Trinajstić information content (AvgIpc) is 2.76. The number of nitrogens with one attached hydrogen (secondary N) is 1. The van der Waals surface area contributed by atoms with E-state index in [1.54, 1.807) is 11.8 Å². The Morgan fingerprint density at radius 1 is 1.03 bits per heavy atom. The molecule has 31 heavy (non-hydrogen) atoms. The van der Waals surface area contributed by atoms with Crippen molar-refractivity contribution in [2.45, 2.75) is 59.2 Å². The van der Waals surface area contributed by atoms with Crippen LogP contribution in [0.15, 0.2) is 51.4 Å². The van der Waals surface area contributed by atoms with Crippen molar-refractivity contribution in [2.24, 2.45) is 0 Å². The predicted molar refractivity (Wildman–Crippen MR) is 131 cm³/mol. The summed E-state index contributed by atoms with van der Waals surface area (Å²) in [6.45, 7) is 7.96. The highest BCUT2D eigenvalue weighted by atomic mass is 79.9. The highest BCUT2D eigenvalue weighted by Crippen LogP contribution is 2.26. The molecule has 0 radical (unpaired) electrons. The average molecular weight is 554 g/mol. The van der Waals surface area contributed by atoms with Crippen LogP contribution in [0.2, 0.25) is 0 Å². The fraction of sp³-hybridized carbons (Fsp3) is 0.417. The Balaban J connectivity index is 2.16. The number of ether oxygens (including phenoxy) is 1. The zero-order valence-electron chi connectivity index (χ0n) is 18.5. The zero-order valence-corrected chi connectivity index (χ0v) is 21.6. The summed E-state index contributed by atoms with van der Waals surface area (Å²) in [5, 5.41) is 2.97. The summed E-state index contributed by atoms with van der Waals surface area (Å²) in [7, 11) is 0. The van der Waals surface area contributed by atoms with E-state index in [4.69, 9.17) is 4.74 Å². The molecule has 0 aliphatic rings. The van der Waals surface area contributed by atoms with Crippen molar-refractivity contribution in [2.75, 3.05) is 6.61 Å².